The van der Waals surface area contributed by atoms with Gasteiger partial charge in [0.05, 0.1) is 11.9 Å². The Balaban J connectivity index is 0.00000312. The van der Waals surface area contributed by atoms with Crippen molar-refractivity contribution in [2.45, 2.75) is 45.1 Å². The molecule has 2 atom stereocenters. The number of hydrogen-bond donors (Lipinski definition) is 2. The molecule has 0 aromatic rings. The third-order valence-electron chi connectivity index (χ3n) is 4.63. The molecule has 9 heteroatoms. The first-order chi connectivity index (χ1) is 11.5. The number of aliphatic imine (C=N–C) groups is 1. The number of sulfonamides is 1. The molecule has 2 heterocycles. The molecular weight excluding hydrogens is 455 g/mol. The average Bonchev–Trinajstić information content (AvgIpc) is 2.58. The van der Waals surface area contributed by atoms with E-state index in [2.05, 4.69) is 26.9 Å². The van der Waals surface area contributed by atoms with Gasteiger partial charge in [0.25, 0.3) is 0 Å². The molecule has 0 saturated carbocycles. The van der Waals surface area contributed by atoms with Gasteiger partial charge in [0.2, 0.25) is 10.0 Å². The van der Waals surface area contributed by atoms with Gasteiger partial charge in [-0.2, -0.15) is 0 Å². The lowest BCUT2D eigenvalue weighted by atomic mass is 10.0. The van der Waals surface area contributed by atoms with Gasteiger partial charge in [-0.3, -0.25) is 4.99 Å². The highest BCUT2D eigenvalue weighted by Crippen LogP contribution is 2.15. The van der Waals surface area contributed by atoms with Crippen LogP contribution in [0.2, 0.25) is 0 Å². The summed E-state index contributed by atoms with van der Waals surface area (Å²) < 4.78 is 32.4. The number of likely N-dealkylation sites (tertiary alicyclic amines) is 1. The van der Waals surface area contributed by atoms with E-state index in [9.17, 15) is 8.42 Å². The summed E-state index contributed by atoms with van der Waals surface area (Å²) in [6.07, 6.45) is 5.53. The third-order valence-corrected chi connectivity index (χ3v) is 5.98. The van der Waals surface area contributed by atoms with Crippen molar-refractivity contribution < 1.29 is 13.2 Å². The molecule has 148 valence electrons. The molecule has 2 N–H and O–H groups in total. The van der Waals surface area contributed by atoms with Crippen LogP contribution in [0, 0.1) is 5.92 Å². The maximum Gasteiger partial charge on any atom is 0.213 e. The summed E-state index contributed by atoms with van der Waals surface area (Å²) in [5.74, 6) is 1.49. The van der Waals surface area contributed by atoms with Crippen LogP contribution < -0.4 is 10.0 Å². The highest BCUT2D eigenvalue weighted by Gasteiger charge is 2.20. The molecule has 2 saturated heterocycles. The predicted molar refractivity (Wildman–Crippen MR) is 112 cm³/mol. The lowest BCUT2D eigenvalue weighted by Gasteiger charge is -2.33. The summed E-state index contributed by atoms with van der Waals surface area (Å²) >= 11 is 0. The van der Waals surface area contributed by atoms with E-state index in [0.717, 1.165) is 51.3 Å². The highest BCUT2D eigenvalue weighted by molar-refractivity contribution is 14.0. The number of ether oxygens (including phenoxy) is 1. The fraction of sp³-hybridized carbons (Fsp3) is 0.938. The third kappa shape index (κ3) is 8.40. The summed E-state index contributed by atoms with van der Waals surface area (Å²) in [5.41, 5.74) is 0. The van der Waals surface area contributed by atoms with Gasteiger partial charge in [0.1, 0.15) is 0 Å². The van der Waals surface area contributed by atoms with Crippen molar-refractivity contribution in [1.29, 1.82) is 0 Å². The largest absolute Gasteiger partial charge is 0.377 e. The maximum absolute atomic E-state index is 12.1. The summed E-state index contributed by atoms with van der Waals surface area (Å²) in [4.78, 5) is 6.49. The van der Waals surface area contributed by atoms with Crippen LogP contribution in [-0.2, 0) is 14.8 Å². The standard InChI is InChI=1S/C16H32N4O3S.HI/c1-14-6-5-9-20(13-14)16(17-2)18-8-11-24(21,22)19-12-15-7-3-4-10-23-15;/h14-15,19H,3-13H2,1-2H3,(H,17,18);1H. The van der Waals surface area contributed by atoms with Crippen molar-refractivity contribution in [3.63, 3.8) is 0 Å². The van der Waals surface area contributed by atoms with Crippen LogP contribution >= 0.6 is 24.0 Å². The van der Waals surface area contributed by atoms with E-state index in [-0.39, 0.29) is 35.8 Å². The molecule has 2 unspecified atom stereocenters. The van der Waals surface area contributed by atoms with Crippen molar-refractivity contribution >= 4 is 40.0 Å². The molecule has 0 aromatic carbocycles. The fourth-order valence-electron chi connectivity index (χ4n) is 3.27. The van der Waals surface area contributed by atoms with Gasteiger partial charge in [-0.05, 0) is 38.0 Å². The fourth-order valence-corrected chi connectivity index (χ4v) is 4.23. The van der Waals surface area contributed by atoms with Crippen molar-refractivity contribution in [1.82, 2.24) is 14.9 Å². The maximum atomic E-state index is 12.1. The Bertz CT molecular complexity index is 510. The summed E-state index contributed by atoms with van der Waals surface area (Å²) in [7, 11) is -1.55. The van der Waals surface area contributed by atoms with Crippen molar-refractivity contribution in [3.05, 3.63) is 0 Å². The molecule has 7 nitrogen and oxygen atoms in total. The smallest absolute Gasteiger partial charge is 0.213 e. The van der Waals surface area contributed by atoms with Gasteiger partial charge in [0, 0.05) is 39.8 Å². The number of piperidine rings is 1. The Morgan fingerprint density at radius 1 is 1.28 bits per heavy atom. The van der Waals surface area contributed by atoms with Gasteiger partial charge >= 0.3 is 0 Å². The van der Waals surface area contributed by atoms with Gasteiger partial charge in [-0.15, -0.1) is 24.0 Å². The quantitative estimate of drug-likeness (QED) is 0.336. The minimum Gasteiger partial charge on any atom is -0.377 e. The molecule has 0 bridgehead atoms. The van der Waals surface area contributed by atoms with E-state index in [1.54, 1.807) is 7.05 Å². The molecule has 2 aliphatic heterocycles. The van der Waals surface area contributed by atoms with E-state index in [1.807, 2.05) is 0 Å². The van der Waals surface area contributed by atoms with Crippen molar-refractivity contribution in [2.75, 3.05) is 45.6 Å². The van der Waals surface area contributed by atoms with Gasteiger partial charge in [-0.25, -0.2) is 13.1 Å². The summed E-state index contributed by atoms with van der Waals surface area (Å²) in [6.45, 7) is 5.66. The Kier molecular flexibility index (Phi) is 10.6. The molecule has 2 aliphatic rings. The zero-order valence-corrected chi connectivity index (χ0v) is 18.5. The first-order valence-corrected chi connectivity index (χ1v) is 10.7. The van der Waals surface area contributed by atoms with Gasteiger partial charge in [0.15, 0.2) is 5.96 Å². The topological polar surface area (TPSA) is 83.0 Å². The molecule has 0 amide bonds. The van der Waals surface area contributed by atoms with E-state index < -0.39 is 10.0 Å². The number of rotatable bonds is 6. The number of nitrogens with zero attached hydrogens (tertiary/aromatic N) is 2. The highest BCUT2D eigenvalue weighted by atomic mass is 127. The minimum absolute atomic E-state index is 0. The molecule has 25 heavy (non-hydrogen) atoms. The van der Waals surface area contributed by atoms with Crippen LogP contribution in [0.25, 0.3) is 0 Å². The molecule has 2 rings (SSSR count). The van der Waals surface area contributed by atoms with E-state index >= 15 is 0 Å². The van der Waals surface area contributed by atoms with Crippen LogP contribution in [0.1, 0.15) is 39.0 Å². The Labute approximate surface area is 169 Å². The van der Waals surface area contributed by atoms with Crippen LogP contribution in [-0.4, -0.2) is 71.0 Å². The number of guanidine groups is 1. The van der Waals surface area contributed by atoms with Crippen LogP contribution in [0.15, 0.2) is 4.99 Å². The Morgan fingerprint density at radius 3 is 2.72 bits per heavy atom. The molecule has 0 spiro atoms. The van der Waals surface area contributed by atoms with E-state index in [1.165, 1.54) is 6.42 Å². The number of nitrogens with one attached hydrogen (secondary N) is 2. The van der Waals surface area contributed by atoms with Crippen LogP contribution in [0.4, 0.5) is 0 Å². The predicted octanol–water partition coefficient (Wildman–Crippen LogP) is 1.40. The van der Waals surface area contributed by atoms with Crippen LogP contribution in [0.5, 0.6) is 0 Å². The first kappa shape index (κ1) is 22.9. The normalized spacial score (nSPS) is 25.4. The zero-order chi connectivity index (χ0) is 17.4. The minimum atomic E-state index is -3.29. The second-order valence-corrected chi connectivity index (χ2v) is 8.75. The lowest BCUT2D eigenvalue weighted by molar-refractivity contribution is 0.0200. The Morgan fingerprint density at radius 2 is 2.08 bits per heavy atom. The number of hydrogen-bond acceptors (Lipinski definition) is 4. The first-order valence-electron chi connectivity index (χ1n) is 9.04. The lowest BCUT2D eigenvalue weighted by Crippen LogP contribution is -2.47. The van der Waals surface area contributed by atoms with Crippen molar-refractivity contribution in [2.24, 2.45) is 10.9 Å². The van der Waals surface area contributed by atoms with Crippen LogP contribution in [0.3, 0.4) is 0 Å². The monoisotopic (exact) mass is 488 g/mol. The second kappa shape index (κ2) is 11.6. The Hall–Kier alpha value is -0.130. The molecular formula is C16H33IN4O3S. The summed E-state index contributed by atoms with van der Waals surface area (Å²) in [5, 5.41) is 3.18. The number of halogens is 1. The zero-order valence-electron chi connectivity index (χ0n) is 15.4. The van der Waals surface area contributed by atoms with Crippen molar-refractivity contribution in [3.8, 4) is 0 Å². The summed E-state index contributed by atoms with van der Waals surface area (Å²) in [6, 6.07) is 0. The van der Waals surface area contributed by atoms with E-state index in [0.29, 0.717) is 19.0 Å². The second-order valence-electron chi connectivity index (χ2n) is 6.82. The van der Waals surface area contributed by atoms with E-state index in [4.69, 9.17) is 4.74 Å². The van der Waals surface area contributed by atoms with Gasteiger partial charge in [-0.1, -0.05) is 6.92 Å². The molecule has 0 aliphatic carbocycles. The molecule has 2 fully saturated rings. The molecule has 0 aromatic heterocycles. The van der Waals surface area contributed by atoms with Gasteiger partial charge < -0.3 is 15.0 Å². The molecule has 0 radical (unpaired) electrons. The SMILES string of the molecule is CN=C(NCCS(=O)(=O)NCC1CCCCO1)N1CCCC(C)C1.I. The average molecular weight is 488 g/mol.